The van der Waals surface area contributed by atoms with Gasteiger partial charge in [-0.05, 0) is 64.1 Å². The first-order chi connectivity index (χ1) is 14.6. The lowest BCUT2D eigenvalue weighted by Gasteiger charge is -2.13. The first-order valence-corrected chi connectivity index (χ1v) is 10.4. The van der Waals surface area contributed by atoms with E-state index in [4.69, 9.17) is 14.2 Å². The molecule has 0 fully saturated rings. The SMILES string of the molecule is CCOC(=O)COc1c(I)cc(/C=C(/C#N)c2cccc3ccccc23)cc1OC. The Balaban J connectivity index is 1.98. The van der Waals surface area contributed by atoms with Crippen LogP contribution in [-0.4, -0.2) is 26.3 Å². The van der Waals surface area contributed by atoms with Gasteiger partial charge >= 0.3 is 5.97 Å². The smallest absolute Gasteiger partial charge is 0.344 e. The molecule has 3 aromatic carbocycles. The summed E-state index contributed by atoms with van der Waals surface area (Å²) in [5, 5.41) is 11.9. The van der Waals surface area contributed by atoms with Crippen molar-refractivity contribution in [3.63, 3.8) is 0 Å². The predicted octanol–water partition coefficient (Wildman–Crippen LogP) is 5.46. The quantitative estimate of drug-likeness (QED) is 0.182. The Morgan fingerprint density at radius 3 is 2.67 bits per heavy atom. The van der Waals surface area contributed by atoms with Crippen LogP contribution < -0.4 is 9.47 Å². The highest BCUT2D eigenvalue weighted by atomic mass is 127. The van der Waals surface area contributed by atoms with Crippen LogP contribution in [0, 0.1) is 14.9 Å². The van der Waals surface area contributed by atoms with E-state index in [1.807, 2.05) is 54.6 Å². The van der Waals surface area contributed by atoms with Gasteiger partial charge in [0.05, 0.1) is 28.9 Å². The molecule has 0 radical (unpaired) electrons. The van der Waals surface area contributed by atoms with Crippen molar-refractivity contribution in [2.24, 2.45) is 0 Å². The monoisotopic (exact) mass is 513 g/mol. The van der Waals surface area contributed by atoms with E-state index >= 15 is 0 Å². The largest absolute Gasteiger partial charge is 0.493 e. The Hall–Kier alpha value is -3.05. The normalized spacial score (nSPS) is 11.1. The molecule has 0 heterocycles. The van der Waals surface area contributed by atoms with E-state index in [9.17, 15) is 10.1 Å². The van der Waals surface area contributed by atoms with Gasteiger partial charge in [-0.1, -0.05) is 42.5 Å². The van der Waals surface area contributed by atoms with Gasteiger partial charge in [0.1, 0.15) is 0 Å². The fraction of sp³-hybridized carbons (Fsp3) is 0.167. The minimum atomic E-state index is -0.443. The number of methoxy groups -OCH3 is 1. The standard InChI is InChI=1S/C24H20INO4/c1-3-29-23(27)15-30-24-21(25)12-16(13-22(24)28-2)11-18(14-26)20-10-6-8-17-7-4-5-9-19(17)20/h4-13H,3,15H2,1-2H3/b18-11-. The Labute approximate surface area is 189 Å². The maximum Gasteiger partial charge on any atom is 0.344 e. The summed E-state index contributed by atoms with van der Waals surface area (Å²) in [5.41, 5.74) is 2.21. The molecule has 152 valence electrons. The number of ether oxygens (including phenoxy) is 3. The van der Waals surface area contributed by atoms with E-state index in [0.29, 0.717) is 23.7 Å². The average Bonchev–Trinajstić information content (AvgIpc) is 2.76. The molecule has 0 unspecified atom stereocenters. The van der Waals surface area contributed by atoms with Crippen LogP contribution in [0.2, 0.25) is 0 Å². The number of nitriles is 1. The highest BCUT2D eigenvalue weighted by molar-refractivity contribution is 14.1. The van der Waals surface area contributed by atoms with Gasteiger partial charge in [-0.2, -0.15) is 5.26 Å². The fourth-order valence-corrected chi connectivity index (χ4v) is 3.88. The van der Waals surface area contributed by atoms with Crippen LogP contribution in [0.4, 0.5) is 0 Å². The summed E-state index contributed by atoms with van der Waals surface area (Å²) in [4.78, 5) is 11.6. The molecule has 0 saturated carbocycles. The highest BCUT2D eigenvalue weighted by Crippen LogP contribution is 2.35. The second kappa shape index (κ2) is 10.1. The van der Waals surface area contributed by atoms with Gasteiger partial charge < -0.3 is 14.2 Å². The summed E-state index contributed by atoms with van der Waals surface area (Å²) in [6, 6.07) is 19.8. The fourth-order valence-electron chi connectivity index (χ4n) is 3.09. The van der Waals surface area contributed by atoms with E-state index < -0.39 is 5.97 Å². The summed E-state index contributed by atoms with van der Waals surface area (Å²) in [7, 11) is 1.53. The van der Waals surface area contributed by atoms with E-state index in [1.165, 1.54) is 7.11 Å². The molecule has 0 spiro atoms. The molecule has 0 saturated heterocycles. The Kier molecular flexibility index (Phi) is 7.31. The van der Waals surface area contributed by atoms with Crippen molar-refractivity contribution < 1.29 is 19.0 Å². The molecule has 5 nitrogen and oxygen atoms in total. The van der Waals surface area contributed by atoms with Crippen molar-refractivity contribution in [2.75, 3.05) is 20.3 Å². The number of esters is 1. The van der Waals surface area contributed by atoms with Crippen LogP contribution in [0.5, 0.6) is 11.5 Å². The third kappa shape index (κ3) is 4.92. The van der Waals surface area contributed by atoms with Gasteiger partial charge in [0.25, 0.3) is 0 Å². The summed E-state index contributed by atoms with van der Waals surface area (Å²) >= 11 is 2.12. The lowest BCUT2D eigenvalue weighted by atomic mass is 9.97. The maximum atomic E-state index is 11.6. The third-order valence-corrected chi connectivity index (χ3v) is 5.20. The summed E-state index contributed by atoms with van der Waals surface area (Å²) < 4.78 is 16.7. The van der Waals surface area contributed by atoms with Crippen LogP contribution in [0.3, 0.4) is 0 Å². The molecule has 0 aliphatic rings. The van der Waals surface area contributed by atoms with Crippen molar-refractivity contribution in [3.8, 4) is 17.6 Å². The number of fused-ring (bicyclic) bond motifs is 1. The number of hydrogen-bond donors (Lipinski definition) is 0. The number of allylic oxidation sites excluding steroid dienone is 1. The van der Waals surface area contributed by atoms with Crippen LogP contribution in [0.1, 0.15) is 18.1 Å². The molecule has 0 bridgehead atoms. The van der Waals surface area contributed by atoms with Crippen molar-refractivity contribution >= 4 is 51.0 Å². The second-order valence-corrected chi connectivity index (χ2v) is 7.49. The molecule has 0 amide bonds. The summed E-state index contributed by atoms with van der Waals surface area (Å²) in [6.45, 7) is 1.84. The number of rotatable bonds is 7. The number of benzene rings is 3. The molecule has 0 aliphatic carbocycles. The van der Waals surface area contributed by atoms with E-state index in [0.717, 1.165) is 25.5 Å². The average molecular weight is 513 g/mol. The maximum absolute atomic E-state index is 11.6. The molecular formula is C24H20INO4. The number of carbonyl (C=O) groups is 1. The van der Waals surface area contributed by atoms with Gasteiger partial charge in [0.15, 0.2) is 18.1 Å². The van der Waals surface area contributed by atoms with E-state index in [-0.39, 0.29) is 6.61 Å². The van der Waals surface area contributed by atoms with Crippen molar-refractivity contribution in [3.05, 3.63) is 69.3 Å². The zero-order valence-electron chi connectivity index (χ0n) is 16.6. The number of carbonyl (C=O) groups excluding carboxylic acids is 1. The predicted molar refractivity (Wildman–Crippen MR) is 125 cm³/mol. The van der Waals surface area contributed by atoms with Crippen LogP contribution in [0.15, 0.2) is 54.6 Å². The van der Waals surface area contributed by atoms with Gasteiger partial charge in [-0.3, -0.25) is 0 Å². The summed E-state index contributed by atoms with van der Waals surface area (Å²) in [5.74, 6) is 0.502. The van der Waals surface area contributed by atoms with Crippen LogP contribution in [-0.2, 0) is 9.53 Å². The third-order valence-electron chi connectivity index (χ3n) is 4.40. The Morgan fingerprint density at radius 1 is 1.17 bits per heavy atom. The van der Waals surface area contributed by atoms with Crippen molar-refractivity contribution in [1.82, 2.24) is 0 Å². The molecular weight excluding hydrogens is 493 g/mol. The van der Waals surface area contributed by atoms with Crippen molar-refractivity contribution in [1.29, 1.82) is 5.26 Å². The van der Waals surface area contributed by atoms with E-state index in [1.54, 1.807) is 13.0 Å². The molecule has 30 heavy (non-hydrogen) atoms. The van der Waals surface area contributed by atoms with Gasteiger partial charge in [0.2, 0.25) is 0 Å². The number of halogens is 1. The minimum absolute atomic E-state index is 0.200. The molecule has 0 atom stereocenters. The molecule has 0 aromatic heterocycles. The first kappa shape index (κ1) is 21.7. The van der Waals surface area contributed by atoms with E-state index in [2.05, 4.69) is 28.7 Å². The molecule has 6 heteroatoms. The lowest BCUT2D eigenvalue weighted by molar-refractivity contribution is -0.145. The summed E-state index contributed by atoms with van der Waals surface area (Å²) in [6.07, 6.45) is 1.82. The van der Waals surface area contributed by atoms with Crippen molar-refractivity contribution in [2.45, 2.75) is 6.92 Å². The number of nitrogens with zero attached hydrogens (tertiary/aromatic N) is 1. The van der Waals surface area contributed by atoms with Gasteiger partial charge in [-0.25, -0.2) is 4.79 Å². The molecule has 0 aliphatic heterocycles. The van der Waals surface area contributed by atoms with Crippen LogP contribution >= 0.6 is 22.6 Å². The van der Waals surface area contributed by atoms with Gasteiger partial charge in [0, 0.05) is 5.56 Å². The molecule has 0 N–H and O–H groups in total. The van der Waals surface area contributed by atoms with Gasteiger partial charge in [-0.15, -0.1) is 0 Å². The molecule has 3 aromatic rings. The Morgan fingerprint density at radius 2 is 1.93 bits per heavy atom. The second-order valence-electron chi connectivity index (χ2n) is 6.32. The lowest BCUT2D eigenvalue weighted by Crippen LogP contribution is -2.15. The molecule has 3 rings (SSSR count). The number of hydrogen-bond acceptors (Lipinski definition) is 5. The van der Waals surface area contributed by atoms with Crippen LogP contribution in [0.25, 0.3) is 22.4 Å². The first-order valence-electron chi connectivity index (χ1n) is 9.33. The zero-order valence-corrected chi connectivity index (χ0v) is 18.8. The minimum Gasteiger partial charge on any atom is -0.493 e. The Bertz CT molecular complexity index is 1140. The zero-order chi connectivity index (χ0) is 21.5. The highest BCUT2D eigenvalue weighted by Gasteiger charge is 2.14. The topological polar surface area (TPSA) is 68.5 Å².